The summed E-state index contributed by atoms with van der Waals surface area (Å²) in [6.07, 6.45) is 0. The van der Waals surface area contributed by atoms with E-state index >= 15 is 0 Å². The molecule has 3 heteroatoms. The van der Waals surface area contributed by atoms with Gasteiger partial charge in [-0.3, -0.25) is 0 Å². The van der Waals surface area contributed by atoms with Crippen LogP contribution in [-0.4, -0.2) is 0 Å². The lowest BCUT2D eigenvalue weighted by atomic mass is 9.63. The Kier molecular flexibility index (Phi) is 10.2. The van der Waals surface area contributed by atoms with E-state index in [1.54, 1.807) is 0 Å². The van der Waals surface area contributed by atoms with Crippen molar-refractivity contribution in [2.24, 2.45) is 0 Å². The van der Waals surface area contributed by atoms with Crippen molar-refractivity contribution in [1.82, 2.24) is 0 Å². The minimum Gasteiger partial charge on any atom is -0.457 e. The van der Waals surface area contributed by atoms with Crippen molar-refractivity contribution in [2.45, 2.75) is 92.3 Å². The lowest BCUT2D eigenvalue weighted by molar-refractivity contribution is 0.434. The summed E-state index contributed by atoms with van der Waals surface area (Å²) in [4.78, 5) is 5.15. The van der Waals surface area contributed by atoms with E-state index in [0.717, 1.165) is 39.7 Å². The van der Waals surface area contributed by atoms with E-state index in [2.05, 4.69) is 285 Å². The van der Waals surface area contributed by atoms with Gasteiger partial charge in [0.2, 0.25) is 0 Å². The summed E-state index contributed by atoms with van der Waals surface area (Å²) in [6, 6.07) is 85.1. The monoisotopic (exact) mass is 999 g/mol. The summed E-state index contributed by atoms with van der Waals surface area (Å²) in [5.41, 5.74) is 22.2. The number of anilines is 3. The largest absolute Gasteiger partial charge is 0.457 e. The van der Waals surface area contributed by atoms with Crippen molar-refractivity contribution in [2.75, 3.05) is 4.90 Å². The molecule has 14 rings (SSSR count). The Hall–Kier alpha value is -7.85. The van der Waals surface area contributed by atoms with E-state index in [-0.39, 0.29) is 16.2 Å². The maximum atomic E-state index is 7.03. The smallest absolute Gasteiger partial charge is 0.132 e. The average molecular weight is 1000 g/mol. The molecule has 76 heavy (non-hydrogen) atoms. The zero-order chi connectivity index (χ0) is 51.9. The molecule has 2 aliphatic carbocycles. The van der Waals surface area contributed by atoms with E-state index in [9.17, 15) is 0 Å². The highest BCUT2D eigenvalue weighted by Crippen LogP contribution is 2.64. The van der Waals surface area contributed by atoms with Gasteiger partial charge in [0.15, 0.2) is 0 Å². The number of hydrogen-bond donors (Lipinski definition) is 0. The van der Waals surface area contributed by atoms with Crippen LogP contribution >= 0.6 is 11.8 Å². The van der Waals surface area contributed by atoms with Gasteiger partial charge in [-0.05, 0) is 149 Å². The van der Waals surface area contributed by atoms with Crippen LogP contribution in [0.15, 0.2) is 234 Å². The number of fused-ring (bicyclic) bond motifs is 14. The van der Waals surface area contributed by atoms with Crippen molar-refractivity contribution >= 4 is 28.8 Å². The van der Waals surface area contributed by atoms with Crippen LogP contribution in [-0.2, 0) is 27.1 Å². The summed E-state index contributed by atoms with van der Waals surface area (Å²) >= 11 is 1.92. The number of para-hydroxylation sites is 1. The number of benzene rings is 10. The van der Waals surface area contributed by atoms with Crippen LogP contribution in [0.2, 0.25) is 0 Å². The van der Waals surface area contributed by atoms with Gasteiger partial charge < -0.3 is 9.64 Å². The molecule has 0 bridgehead atoms. The molecule has 0 fully saturated rings. The fourth-order valence-electron chi connectivity index (χ4n) is 13.6. The van der Waals surface area contributed by atoms with Gasteiger partial charge in [0, 0.05) is 43.4 Å². The van der Waals surface area contributed by atoms with Gasteiger partial charge in [0.1, 0.15) is 11.5 Å². The second-order valence-electron chi connectivity index (χ2n) is 24.0. The maximum Gasteiger partial charge on any atom is 0.132 e. The molecule has 0 unspecified atom stereocenters. The van der Waals surface area contributed by atoms with Crippen molar-refractivity contribution < 1.29 is 4.74 Å². The topological polar surface area (TPSA) is 12.5 Å². The normalized spacial score (nSPS) is 15.5. The molecule has 10 aromatic rings. The predicted octanol–water partition coefficient (Wildman–Crippen LogP) is 19.4. The van der Waals surface area contributed by atoms with Crippen LogP contribution in [0.1, 0.15) is 122 Å². The third kappa shape index (κ3) is 6.61. The molecular weight excluding hydrogens is 939 g/mol. The molecule has 1 spiro atoms. The fourth-order valence-corrected chi connectivity index (χ4v) is 14.8. The second kappa shape index (κ2) is 16.6. The maximum absolute atomic E-state index is 7.03. The quantitative estimate of drug-likeness (QED) is 0.170. The fraction of sp³-hybridized carbons (Fsp3) is 0.178. The van der Waals surface area contributed by atoms with Crippen LogP contribution in [0.25, 0.3) is 22.3 Å². The Morgan fingerprint density at radius 2 is 0.776 bits per heavy atom. The average Bonchev–Trinajstić information content (AvgIpc) is 3.99. The van der Waals surface area contributed by atoms with Crippen molar-refractivity contribution in [3.8, 4) is 33.8 Å². The van der Waals surface area contributed by atoms with E-state index in [1.807, 2.05) is 11.8 Å². The molecule has 2 aliphatic heterocycles. The van der Waals surface area contributed by atoms with Gasteiger partial charge in [-0.25, -0.2) is 0 Å². The molecule has 370 valence electrons. The Balaban J connectivity index is 1.07. The molecule has 0 atom stereocenters. The van der Waals surface area contributed by atoms with Crippen molar-refractivity contribution in [1.29, 1.82) is 0 Å². The van der Waals surface area contributed by atoms with Gasteiger partial charge in [0.05, 0.1) is 10.8 Å². The molecule has 2 heterocycles. The second-order valence-corrected chi connectivity index (χ2v) is 25.1. The standard InChI is InChI=1S/C73H61NOS/c1-69(2,3)48-31-39-67-63(41-48)73(64-42-49(70(4,5)6)32-40-68(64)76-67)58-28-18-16-26-54(58)56-37-34-51(44-61(56)73)74(50-33-36-55-53-25-15-17-27-57(53)71(7,8)60(55)43-50)52-35-38-66-62(45-52)72(46-21-11-9-12-22-46,47-23-13-10-14-24-47)59-29-19-20-30-65(59)75-66/h9-45H,1-8H3. The highest BCUT2D eigenvalue weighted by atomic mass is 32.2. The van der Waals surface area contributed by atoms with Crippen LogP contribution in [0.3, 0.4) is 0 Å². The van der Waals surface area contributed by atoms with Gasteiger partial charge in [-0.1, -0.05) is 231 Å². The molecular formula is C73H61NOS. The number of nitrogens with zero attached hydrogens (tertiary/aromatic N) is 1. The number of hydrogen-bond acceptors (Lipinski definition) is 3. The Morgan fingerprint density at radius 1 is 0.342 bits per heavy atom. The summed E-state index contributed by atoms with van der Waals surface area (Å²) in [6.45, 7) is 18.8. The lowest BCUT2D eigenvalue weighted by Crippen LogP contribution is -2.34. The Bertz CT molecular complexity index is 3900. The van der Waals surface area contributed by atoms with E-state index in [4.69, 9.17) is 4.74 Å². The van der Waals surface area contributed by atoms with Crippen LogP contribution in [0, 0.1) is 0 Å². The minimum atomic E-state index is -0.692. The first kappa shape index (κ1) is 46.7. The van der Waals surface area contributed by atoms with Crippen LogP contribution in [0.5, 0.6) is 11.5 Å². The van der Waals surface area contributed by atoms with Crippen molar-refractivity contribution in [3.63, 3.8) is 0 Å². The van der Waals surface area contributed by atoms with Gasteiger partial charge in [-0.2, -0.15) is 0 Å². The SMILES string of the molecule is CC(C)(C)c1ccc2c(c1)C1(c3cc(C(C)(C)C)ccc3S2)c2ccccc2-c2ccc(N(c3ccc4c(c3)C(C)(C)c3ccccc3-4)c3ccc4c(c3)C(c3ccccc3)(c3ccccc3)c3ccccc3O4)cc21. The Morgan fingerprint density at radius 3 is 1.36 bits per heavy atom. The molecule has 0 aromatic heterocycles. The summed E-state index contributed by atoms with van der Waals surface area (Å²) in [5, 5.41) is 0. The first-order valence-corrected chi connectivity index (χ1v) is 27.8. The van der Waals surface area contributed by atoms with E-state index < -0.39 is 10.8 Å². The van der Waals surface area contributed by atoms with Crippen LogP contribution < -0.4 is 9.64 Å². The lowest BCUT2D eigenvalue weighted by Gasteiger charge is -2.42. The number of rotatable bonds is 5. The number of ether oxygens (including phenoxy) is 1. The summed E-state index contributed by atoms with van der Waals surface area (Å²) < 4.78 is 7.03. The zero-order valence-electron chi connectivity index (χ0n) is 44.6. The third-order valence-corrected chi connectivity index (χ3v) is 18.5. The first-order valence-electron chi connectivity index (χ1n) is 27.0. The van der Waals surface area contributed by atoms with E-state index in [1.165, 1.54) is 87.7 Å². The van der Waals surface area contributed by atoms with Crippen molar-refractivity contribution in [3.05, 3.63) is 291 Å². The van der Waals surface area contributed by atoms with E-state index in [0.29, 0.717) is 0 Å². The van der Waals surface area contributed by atoms with Gasteiger partial charge in [0.25, 0.3) is 0 Å². The highest BCUT2D eigenvalue weighted by Gasteiger charge is 2.52. The first-order chi connectivity index (χ1) is 36.7. The third-order valence-electron chi connectivity index (χ3n) is 17.4. The predicted molar refractivity (Wildman–Crippen MR) is 316 cm³/mol. The molecule has 4 aliphatic rings. The Labute approximate surface area is 453 Å². The zero-order valence-corrected chi connectivity index (χ0v) is 45.4. The molecule has 0 saturated carbocycles. The molecule has 0 saturated heterocycles. The molecule has 0 N–H and O–H groups in total. The summed E-state index contributed by atoms with van der Waals surface area (Å²) in [5.74, 6) is 1.72. The molecule has 0 amide bonds. The van der Waals surface area contributed by atoms with Gasteiger partial charge >= 0.3 is 0 Å². The van der Waals surface area contributed by atoms with Gasteiger partial charge in [-0.15, -0.1) is 0 Å². The minimum absolute atomic E-state index is 0.0551. The molecule has 0 radical (unpaired) electrons. The molecule has 2 nitrogen and oxygen atoms in total. The summed E-state index contributed by atoms with van der Waals surface area (Å²) in [7, 11) is 0. The highest BCUT2D eigenvalue weighted by molar-refractivity contribution is 7.99. The molecule has 10 aromatic carbocycles. The van der Waals surface area contributed by atoms with Crippen LogP contribution in [0.4, 0.5) is 17.1 Å².